The predicted molar refractivity (Wildman–Crippen MR) is 100.0 cm³/mol. The van der Waals surface area contributed by atoms with Crippen LogP contribution in [-0.2, 0) is 0 Å². The third-order valence-electron chi connectivity index (χ3n) is 4.28. The van der Waals surface area contributed by atoms with E-state index in [1.807, 2.05) is 13.0 Å². The van der Waals surface area contributed by atoms with E-state index >= 15 is 0 Å². The van der Waals surface area contributed by atoms with E-state index in [9.17, 15) is 18.4 Å². The van der Waals surface area contributed by atoms with Crippen LogP contribution in [0.3, 0.4) is 0 Å². The summed E-state index contributed by atoms with van der Waals surface area (Å²) in [5.74, 6) is -2.53. The highest BCUT2D eigenvalue weighted by molar-refractivity contribution is 6.10. The van der Waals surface area contributed by atoms with Crippen molar-refractivity contribution >= 4 is 23.2 Å². The van der Waals surface area contributed by atoms with Crippen LogP contribution in [0, 0.1) is 18.6 Å². The van der Waals surface area contributed by atoms with Gasteiger partial charge in [-0.05, 0) is 55.0 Å². The second kappa shape index (κ2) is 6.77. The number of ether oxygens (including phenoxy) is 1. The molecule has 2 N–H and O–H groups in total. The Morgan fingerprint density at radius 2 is 1.71 bits per heavy atom. The molecule has 0 bridgehead atoms. The number of carbonyl (C=O) groups is 2. The summed E-state index contributed by atoms with van der Waals surface area (Å²) in [4.78, 5) is 24.8. The Bertz CT molecular complexity index is 1110. The maximum absolute atomic E-state index is 13.8. The van der Waals surface area contributed by atoms with Crippen molar-refractivity contribution < 1.29 is 23.1 Å². The fraction of sp³-hybridized carbons (Fsp3) is 0.0476. The number of benzene rings is 3. The van der Waals surface area contributed by atoms with Crippen molar-refractivity contribution in [3.05, 3.63) is 82.9 Å². The van der Waals surface area contributed by atoms with Crippen molar-refractivity contribution in [3.63, 3.8) is 0 Å². The van der Waals surface area contributed by atoms with Crippen LogP contribution >= 0.6 is 0 Å². The van der Waals surface area contributed by atoms with E-state index in [0.29, 0.717) is 17.2 Å². The molecule has 0 aromatic heterocycles. The largest absolute Gasteiger partial charge is 0.454 e. The molecule has 7 heteroatoms. The number of aryl methyl sites for hydroxylation is 1. The third kappa shape index (κ3) is 3.18. The van der Waals surface area contributed by atoms with Crippen molar-refractivity contribution in [1.82, 2.24) is 0 Å². The first-order valence-corrected chi connectivity index (χ1v) is 8.41. The number of hydrogen-bond donors (Lipinski definition) is 2. The summed E-state index contributed by atoms with van der Waals surface area (Å²) in [7, 11) is 0. The topological polar surface area (TPSA) is 67.4 Å². The molecule has 1 aliphatic rings. The van der Waals surface area contributed by atoms with E-state index in [0.717, 1.165) is 17.7 Å². The summed E-state index contributed by atoms with van der Waals surface area (Å²) in [5, 5.41) is 5.16. The Kier molecular flexibility index (Phi) is 4.27. The first-order valence-electron chi connectivity index (χ1n) is 8.41. The molecule has 0 atom stereocenters. The first kappa shape index (κ1) is 17.7. The quantitative estimate of drug-likeness (QED) is 0.666. The number of halogens is 2. The summed E-state index contributed by atoms with van der Waals surface area (Å²) >= 11 is 0. The number of anilines is 2. The van der Waals surface area contributed by atoms with Crippen molar-refractivity contribution in [1.29, 1.82) is 0 Å². The van der Waals surface area contributed by atoms with E-state index in [2.05, 4.69) is 10.6 Å². The fourth-order valence-corrected chi connectivity index (χ4v) is 2.92. The first-order chi connectivity index (χ1) is 13.4. The lowest BCUT2D eigenvalue weighted by Crippen LogP contribution is -2.17. The highest BCUT2D eigenvalue weighted by atomic mass is 19.1. The number of hydrogen-bond acceptors (Lipinski definition) is 3. The van der Waals surface area contributed by atoms with Crippen molar-refractivity contribution in [3.8, 4) is 11.5 Å². The van der Waals surface area contributed by atoms with Crippen molar-refractivity contribution in [2.24, 2.45) is 0 Å². The summed E-state index contributed by atoms with van der Waals surface area (Å²) < 4.78 is 33.4. The van der Waals surface area contributed by atoms with E-state index in [4.69, 9.17) is 4.74 Å². The molecule has 0 radical (unpaired) electrons. The molecule has 140 valence electrons. The molecule has 3 aromatic carbocycles. The zero-order valence-electron chi connectivity index (χ0n) is 14.7. The fourth-order valence-electron chi connectivity index (χ4n) is 2.92. The van der Waals surface area contributed by atoms with Crippen LogP contribution in [0.2, 0.25) is 0 Å². The highest BCUT2D eigenvalue weighted by Crippen LogP contribution is 2.37. The standard InChI is InChI=1S/C21H14F2N2O3/c1-11-5-7-18-16(9-11)25-20(26)13-10-12(6-8-17(13)28-18)24-21(27)19-14(22)3-2-4-15(19)23/h2-10H,1H3,(H,24,27)(H,25,26). The van der Waals surface area contributed by atoms with Gasteiger partial charge in [0, 0.05) is 5.69 Å². The minimum Gasteiger partial charge on any atom is -0.454 e. The maximum Gasteiger partial charge on any atom is 0.261 e. The molecule has 1 heterocycles. The number of nitrogens with one attached hydrogen (secondary N) is 2. The molecule has 5 nitrogen and oxygen atoms in total. The van der Waals surface area contributed by atoms with Crippen LogP contribution in [0.5, 0.6) is 11.5 Å². The summed E-state index contributed by atoms with van der Waals surface area (Å²) in [6.07, 6.45) is 0. The minimum absolute atomic E-state index is 0.181. The maximum atomic E-state index is 13.8. The van der Waals surface area contributed by atoms with Crippen LogP contribution in [-0.4, -0.2) is 11.8 Å². The van der Waals surface area contributed by atoms with Crippen LogP contribution in [0.4, 0.5) is 20.2 Å². The van der Waals surface area contributed by atoms with Gasteiger partial charge in [-0.15, -0.1) is 0 Å². The van der Waals surface area contributed by atoms with Gasteiger partial charge in [0.05, 0.1) is 11.3 Å². The van der Waals surface area contributed by atoms with Gasteiger partial charge in [0.15, 0.2) is 5.75 Å². The van der Waals surface area contributed by atoms with E-state index in [1.54, 1.807) is 12.1 Å². The van der Waals surface area contributed by atoms with Crippen LogP contribution in [0.25, 0.3) is 0 Å². The van der Waals surface area contributed by atoms with Gasteiger partial charge in [0.25, 0.3) is 11.8 Å². The molecule has 28 heavy (non-hydrogen) atoms. The average molecular weight is 380 g/mol. The van der Waals surface area contributed by atoms with E-state index in [-0.39, 0.29) is 11.3 Å². The Labute approximate surface area is 159 Å². The SMILES string of the molecule is Cc1ccc2c(c1)NC(=O)c1cc(NC(=O)c3c(F)cccc3F)ccc1O2. The third-order valence-corrected chi connectivity index (χ3v) is 4.28. The molecule has 0 unspecified atom stereocenters. The molecule has 1 aliphatic heterocycles. The van der Waals surface area contributed by atoms with Gasteiger partial charge in [-0.1, -0.05) is 12.1 Å². The second-order valence-corrected chi connectivity index (χ2v) is 6.32. The molecule has 2 amide bonds. The van der Waals surface area contributed by atoms with Crippen LogP contribution in [0.1, 0.15) is 26.3 Å². The number of amides is 2. The number of carbonyl (C=O) groups excluding carboxylic acids is 2. The Morgan fingerprint density at radius 1 is 1.00 bits per heavy atom. The second-order valence-electron chi connectivity index (χ2n) is 6.32. The molecular formula is C21H14F2N2O3. The summed E-state index contributed by atoms with van der Waals surface area (Å²) in [6, 6.07) is 12.9. The Balaban J connectivity index is 1.65. The average Bonchev–Trinajstić information content (AvgIpc) is 2.77. The Morgan fingerprint density at radius 3 is 2.46 bits per heavy atom. The molecule has 4 rings (SSSR count). The van der Waals surface area contributed by atoms with Crippen LogP contribution in [0.15, 0.2) is 54.6 Å². The molecule has 0 spiro atoms. The lowest BCUT2D eigenvalue weighted by molar-refractivity contribution is 0.101. The molecule has 0 saturated heterocycles. The smallest absolute Gasteiger partial charge is 0.261 e. The van der Waals surface area contributed by atoms with Gasteiger partial charge < -0.3 is 15.4 Å². The van der Waals surface area contributed by atoms with Crippen molar-refractivity contribution in [2.45, 2.75) is 6.92 Å². The normalized spacial score (nSPS) is 12.2. The number of rotatable bonds is 2. The number of fused-ring (bicyclic) bond motifs is 2. The molecule has 0 fully saturated rings. The van der Waals surface area contributed by atoms with E-state index in [1.165, 1.54) is 24.3 Å². The van der Waals surface area contributed by atoms with Crippen LogP contribution < -0.4 is 15.4 Å². The lowest BCUT2D eigenvalue weighted by atomic mass is 10.1. The predicted octanol–water partition coefficient (Wildman–Crippen LogP) is 4.88. The molecule has 0 saturated carbocycles. The van der Waals surface area contributed by atoms with Gasteiger partial charge in [-0.3, -0.25) is 9.59 Å². The van der Waals surface area contributed by atoms with Gasteiger partial charge in [-0.25, -0.2) is 8.78 Å². The summed E-state index contributed by atoms with van der Waals surface area (Å²) in [5.41, 5.74) is 1.17. The van der Waals surface area contributed by atoms with Gasteiger partial charge >= 0.3 is 0 Å². The molecule has 0 aliphatic carbocycles. The zero-order chi connectivity index (χ0) is 19.8. The lowest BCUT2D eigenvalue weighted by Gasteiger charge is -2.10. The van der Waals surface area contributed by atoms with E-state index < -0.39 is 29.0 Å². The Hall–Kier alpha value is -3.74. The monoisotopic (exact) mass is 380 g/mol. The van der Waals surface area contributed by atoms with Gasteiger partial charge in [-0.2, -0.15) is 0 Å². The molecular weight excluding hydrogens is 366 g/mol. The van der Waals surface area contributed by atoms with Gasteiger partial charge in [0.1, 0.15) is 22.9 Å². The van der Waals surface area contributed by atoms with Crippen molar-refractivity contribution in [2.75, 3.05) is 10.6 Å². The zero-order valence-corrected chi connectivity index (χ0v) is 14.7. The highest BCUT2D eigenvalue weighted by Gasteiger charge is 2.23. The minimum atomic E-state index is -0.973. The summed E-state index contributed by atoms with van der Waals surface area (Å²) in [6.45, 7) is 1.89. The van der Waals surface area contributed by atoms with Gasteiger partial charge in [0.2, 0.25) is 0 Å². The molecule has 3 aromatic rings.